The lowest BCUT2D eigenvalue weighted by molar-refractivity contribution is -0.0124. The van der Waals surface area contributed by atoms with E-state index in [1.54, 1.807) is 7.11 Å². The minimum atomic E-state index is -0.843. The number of aryl methyl sites for hydroxylation is 2. The Morgan fingerprint density at radius 1 is 1.17 bits per heavy atom. The van der Waals surface area contributed by atoms with Gasteiger partial charge in [0.1, 0.15) is 5.75 Å². The molecule has 0 amide bonds. The Hall–Kier alpha value is -2.10. The van der Waals surface area contributed by atoms with Gasteiger partial charge in [0, 0.05) is 18.9 Å². The molecule has 3 nitrogen and oxygen atoms in total. The number of nitrogens with zero attached hydrogens (tertiary/aromatic N) is 1. The third-order valence-corrected chi connectivity index (χ3v) is 6.21. The lowest BCUT2D eigenvalue weighted by Gasteiger charge is -2.44. The van der Waals surface area contributed by atoms with Gasteiger partial charge in [-0.2, -0.15) is 0 Å². The average molecular weight is 394 g/mol. The molecule has 0 spiro atoms. The van der Waals surface area contributed by atoms with Gasteiger partial charge in [-0.3, -0.25) is 0 Å². The molecule has 0 saturated heterocycles. The van der Waals surface area contributed by atoms with Gasteiger partial charge in [0.25, 0.3) is 0 Å². The number of hydrogen-bond acceptors (Lipinski definition) is 3. The zero-order chi connectivity index (χ0) is 21.0. The standard InChI is InChI=1S/C26H35NO2/c1-19-12-13-20(2)22(14-19)17-26(28)23(9-7-10-24(26)18-27(3)4)15-21-8-6-11-25(16-21)29-5/h6,8,11-16,24,28H,7,9-10,17-18H2,1-5H3. The molecule has 1 fully saturated rings. The predicted molar refractivity (Wildman–Crippen MR) is 121 cm³/mol. The van der Waals surface area contributed by atoms with Gasteiger partial charge in [0.15, 0.2) is 0 Å². The molecule has 2 aromatic rings. The predicted octanol–water partition coefficient (Wildman–Crippen LogP) is 5.03. The molecular formula is C26H35NO2. The molecule has 156 valence electrons. The van der Waals surface area contributed by atoms with Crippen molar-refractivity contribution in [1.82, 2.24) is 4.90 Å². The number of hydrogen-bond donors (Lipinski definition) is 1. The zero-order valence-corrected chi connectivity index (χ0v) is 18.5. The van der Waals surface area contributed by atoms with Crippen molar-refractivity contribution in [3.63, 3.8) is 0 Å². The first-order valence-electron chi connectivity index (χ1n) is 10.6. The highest BCUT2D eigenvalue weighted by molar-refractivity contribution is 5.58. The topological polar surface area (TPSA) is 32.7 Å². The molecule has 2 atom stereocenters. The Labute approximate surface area is 176 Å². The summed E-state index contributed by atoms with van der Waals surface area (Å²) in [5.41, 5.74) is 5.12. The van der Waals surface area contributed by atoms with Crippen LogP contribution in [0.2, 0.25) is 0 Å². The first-order valence-corrected chi connectivity index (χ1v) is 10.6. The van der Waals surface area contributed by atoms with Gasteiger partial charge in [-0.05, 0) is 81.6 Å². The summed E-state index contributed by atoms with van der Waals surface area (Å²) < 4.78 is 5.40. The van der Waals surface area contributed by atoms with Crippen LogP contribution in [0.25, 0.3) is 6.08 Å². The molecule has 1 saturated carbocycles. The summed E-state index contributed by atoms with van der Waals surface area (Å²) in [5, 5.41) is 12.2. The zero-order valence-electron chi connectivity index (χ0n) is 18.5. The molecule has 0 aromatic heterocycles. The van der Waals surface area contributed by atoms with Crippen LogP contribution in [-0.2, 0) is 6.42 Å². The van der Waals surface area contributed by atoms with Crippen molar-refractivity contribution in [3.8, 4) is 5.75 Å². The van der Waals surface area contributed by atoms with E-state index in [1.807, 2.05) is 18.2 Å². The van der Waals surface area contributed by atoms with Crippen molar-refractivity contribution >= 4 is 6.08 Å². The fourth-order valence-corrected chi connectivity index (χ4v) is 4.61. The quantitative estimate of drug-likeness (QED) is 0.747. The van der Waals surface area contributed by atoms with Gasteiger partial charge in [-0.15, -0.1) is 0 Å². The fourth-order valence-electron chi connectivity index (χ4n) is 4.61. The smallest absolute Gasteiger partial charge is 0.119 e. The molecule has 29 heavy (non-hydrogen) atoms. The summed E-state index contributed by atoms with van der Waals surface area (Å²) in [5.74, 6) is 1.06. The monoisotopic (exact) mass is 393 g/mol. The van der Waals surface area contributed by atoms with Crippen LogP contribution in [0.5, 0.6) is 5.75 Å². The van der Waals surface area contributed by atoms with Crippen LogP contribution in [-0.4, -0.2) is 43.4 Å². The Morgan fingerprint density at radius 3 is 2.69 bits per heavy atom. The van der Waals surface area contributed by atoms with Crippen LogP contribution in [0.1, 0.15) is 41.5 Å². The molecule has 2 aromatic carbocycles. The van der Waals surface area contributed by atoms with E-state index in [0.717, 1.165) is 42.7 Å². The van der Waals surface area contributed by atoms with Crippen molar-refractivity contribution in [3.05, 3.63) is 70.3 Å². The van der Waals surface area contributed by atoms with Gasteiger partial charge >= 0.3 is 0 Å². The second-order valence-electron chi connectivity index (χ2n) is 8.83. The van der Waals surface area contributed by atoms with Gasteiger partial charge in [-0.25, -0.2) is 0 Å². The Morgan fingerprint density at radius 2 is 1.97 bits per heavy atom. The lowest BCUT2D eigenvalue weighted by atomic mass is 9.68. The molecule has 3 rings (SSSR count). The summed E-state index contributed by atoms with van der Waals surface area (Å²) in [4.78, 5) is 2.20. The first-order chi connectivity index (χ1) is 13.8. The molecule has 1 aliphatic rings. The van der Waals surface area contributed by atoms with E-state index in [0.29, 0.717) is 6.42 Å². The molecule has 1 N–H and O–H groups in total. The van der Waals surface area contributed by atoms with Crippen LogP contribution in [0.15, 0.2) is 48.0 Å². The Kier molecular flexibility index (Phi) is 6.81. The number of ether oxygens (including phenoxy) is 1. The summed E-state index contributed by atoms with van der Waals surface area (Å²) >= 11 is 0. The molecular weight excluding hydrogens is 358 g/mol. The fraction of sp³-hybridized carbons (Fsp3) is 0.462. The highest BCUT2D eigenvalue weighted by Gasteiger charge is 2.42. The van der Waals surface area contributed by atoms with Crippen LogP contribution >= 0.6 is 0 Å². The molecule has 3 heteroatoms. The second-order valence-corrected chi connectivity index (χ2v) is 8.83. The van der Waals surface area contributed by atoms with E-state index in [1.165, 1.54) is 16.7 Å². The average Bonchev–Trinajstić information content (AvgIpc) is 2.68. The summed E-state index contributed by atoms with van der Waals surface area (Å²) in [7, 11) is 5.88. The van der Waals surface area contributed by atoms with Crippen molar-refractivity contribution < 1.29 is 9.84 Å². The van der Waals surface area contributed by atoms with Gasteiger partial charge in [0.2, 0.25) is 0 Å². The maximum atomic E-state index is 12.2. The maximum absolute atomic E-state index is 12.2. The van der Waals surface area contributed by atoms with E-state index >= 15 is 0 Å². The van der Waals surface area contributed by atoms with E-state index < -0.39 is 5.60 Å². The molecule has 1 aliphatic carbocycles. The highest BCUT2D eigenvalue weighted by atomic mass is 16.5. The minimum absolute atomic E-state index is 0.211. The van der Waals surface area contributed by atoms with Crippen LogP contribution < -0.4 is 4.74 Å². The Bertz CT molecular complexity index is 871. The summed E-state index contributed by atoms with van der Waals surface area (Å²) in [6, 6.07) is 14.6. The molecule has 0 aliphatic heterocycles. The first kappa shape index (κ1) is 21.6. The lowest BCUT2D eigenvalue weighted by Crippen LogP contribution is -2.48. The van der Waals surface area contributed by atoms with Crippen molar-refractivity contribution in [1.29, 1.82) is 0 Å². The molecule has 0 bridgehead atoms. The highest BCUT2D eigenvalue weighted by Crippen LogP contribution is 2.42. The number of methoxy groups -OCH3 is 1. The largest absolute Gasteiger partial charge is 0.497 e. The van der Waals surface area contributed by atoms with Gasteiger partial charge in [0.05, 0.1) is 12.7 Å². The third kappa shape index (κ3) is 5.09. The molecule has 0 heterocycles. The van der Waals surface area contributed by atoms with Crippen LogP contribution in [0.4, 0.5) is 0 Å². The SMILES string of the molecule is COc1cccc(C=C2CCCC(CN(C)C)C2(O)Cc2cc(C)ccc2C)c1. The van der Waals surface area contributed by atoms with Crippen molar-refractivity contribution in [2.24, 2.45) is 5.92 Å². The maximum Gasteiger partial charge on any atom is 0.119 e. The number of rotatable bonds is 6. The van der Waals surface area contributed by atoms with E-state index in [2.05, 4.69) is 63.2 Å². The molecule has 2 unspecified atom stereocenters. The number of aliphatic hydroxyl groups is 1. The summed E-state index contributed by atoms with van der Waals surface area (Å²) in [6.07, 6.45) is 5.95. The van der Waals surface area contributed by atoms with E-state index in [-0.39, 0.29) is 5.92 Å². The normalized spacial score (nSPS) is 23.6. The third-order valence-electron chi connectivity index (χ3n) is 6.21. The van der Waals surface area contributed by atoms with Gasteiger partial charge < -0.3 is 14.7 Å². The summed E-state index contributed by atoms with van der Waals surface area (Å²) in [6.45, 7) is 5.16. The van der Waals surface area contributed by atoms with E-state index in [9.17, 15) is 5.11 Å². The van der Waals surface area contributed by atoms with Crippen LogP contribution in [0, 0.1) is 19.8 Å². The van der Waals surface area contributed by atoms with E-state index in [4.69, 9.17) is 4.74 Å². The number of benzene rings is 2. The second kappa shape index (κ2) is 9.15. The minimum Gasteiger partial charge on any atom is -0.497 e. The van der Waals surface area contributed by atoms with Crippen LogP contribution in [0.3, 0.4) is 0 Å². The van der Waals surface area contributed by atoms with Gasteiger partial charge in [-0.1, -0.05) is 42.0 Å². The van der Waals surface area contributed by atoms with Crippen molar-refractivity contribution in [2.45, 2.75) is 45.1 Å². The molecule has 0 radical (unpaired) electrons. The van der Waals surface area contributed by atoms with Crippen molar-refractivity contribution in [2.75, 3.05) is 27.7 Å². The Balaban J connectivity index is 2.04.